The van der Waals surface area contributed by atoms with E-state index < -0.39 is 16.4 Å². The standard InChI is InChI=1S/C21H20F3N5O4S2/c1-29-16-8-5-12(17(30)4-3-9-25-35(2,31)32)10-15(16)26-19(29)28-20-27-14-7-6-13(11-18(14)34-20)33-21(22,23)24/h5-8,10-11,25H,3-4,9H2,1-2H3,(H,26,27,28). The van der Waals surface area contributed by atoms with Crippen molar-refractivity contribution in [2.24, 2.45) is 7.05 Å². The van der Waals surface area contributed by atoms with Crippen molar-refractivity contribution in [1.82, 2.24) is 19.3 Å². The van der Waals surface area contributed by atoms with Gasteiger partial charge in [-0.3, -0.25) is 4.79 Å². The van der Waals surface area contributed by atoms with Crippen LogP contribution in [0.2, 0.25) is 0 Å². The van der Waals surface area contributed by atoms with E-state index in [1.54, 1.807) is 29.8 Å². The summed E-state index contributed by atoms with van der Waals surface area (Å²) in [7, 11) is -1.52. The number of aryl methyl sites for hydroxylation is 1. The van der Waals surface area contributed by atoms with Crippen molar-refractivity contribution in [3.63, 3.8) is 0 Å². The van der Waals surface area contributed by atoms with Crippen LogP contribution in [-0.2, 0) is 17.1 Å². The van der Waals surface area contributed by atoms with Crippen LogP contribution < -0.4 is 14.8 Å². The summed E-state index contributed by atoms with van der Waals surface area (Å²) in [5, 5.41) is 3.50. The van der Waals surface area contributed by atoms with E-state index >= 15 is 0 Å². The van der Waals surface area contributed by atoms with E-state index in [4.69, 9.17) is 0 Å². The predicted molar refractivity (Wildman–Crippen MR) is 127 cm³/mol. The molecule has 0 saturated heterocycles. The van der Waals surface area contributed by atoms with Crippen LogP contribution in [0.15, 0.2) is 36.4 Å². The zero-order valence-electron chi connectivity index (χ0n) is 18.5. The van der Waals surface area contributed by atoms with Gasteiger partial charge >= 0.3 is 6.36 Å². The third-order valence-electron chi connectivity index (χ3n) is 4.96. The first-order chi connectivity index (χ1) is 16.4. The Morgan fingerprint density at radius 3 is 2.63 bits per heavy atom. The lowest BCUT2D eigenvalue weighted by molar-refractivity contribution is -0.274. The highest BCUT2D eigenvalue weighted by molar-refractivity contribution is 7.88. The van der Waals surface area contributed by atoms with Gasteiger partial charge in [0.15, 0.2) is 10.9 Å². The highest BCUT2D eigenvalue weighted by atomic mass is 32.2. The van der Waals surface area contributed by atoms with Crippen molar-refractivity contribution in [2.75, 3.05) is 18.1 Å². The predicted octanol–water partition coefficient (Wildman–Crippen LogP) is 4.34. The molecule has 0 radical (unpaired) electrons. The van der Waals surface area contributed by atoms with Gasteiger partial charge in [0.25, 0.3) is 0 Å². The van der Waals surface area contributed by atoms with E-state index in [0.29, 0.717) is 38.8 Å². The van der Waals surface area contributed by atoms with Crippen LogP contribution in [0.3, 0.4) is 0 Å². The Morgan fingerprint density at radius 2 is 1.91 bits per heavy atom. The Bertz CT molecular complexity index is 1510. The van der Waals surface area contributed by atoms with E-state index in [9.17, 15) is 26.4 Å². The molecule has 0 aliphatic carbocycles. The average molecular weight is 528 g/mol. The molecule has 2 aromatic carbocycles. The Labute approximate surface area is 202 Å². The fraction of sp³-hybridized carbons (Fsp3) is 0.286. The van der Waals surface area contributed by atoms with E-state index in [0.717, 1.165) is 23.1 Å². The molecule has 9 nitrogen and oxygen atoms in total. The molecule has 35 heavy (non-hydrogen) atoms. The Balaban J connectivity index is 1.49. The number of carbonyl (C=O) groups is 1. The second kappa shape index (κ2) is 9.43. The molecule has 0 spiro atoms. The van der Waals surface area contributed by atoms with Gasteiger partial charge in [0.2, 0.25) is 16.0 Å². The number of hydrogen-bond acceptors (Lipinski definition) is 8. The van der Waals surface area contributed by atoms with E-state index in [1.165, 1.54) is 18.2 Å². The zero-order valence-corrected chi connectivity index (χ0v) is 20.1. The van der Waals surface area contributed by atoms with Gasteiger partial charge < -0.3 is 14.6 Å². The Hall–Kier alpha value is -3.23. The summed E-state index contributed by atoms with van der Waals surface area (Å²) in [5.74, 6) is -0.0228. The van der Waals surface area contributed by atoms with Crippen LogP contribution >= 0.6 is 11.3 Å². The summed E-state index contributed by atoms with van der Waals surface area (Å²) < 4.78 is 68.2. The normalized spacial score (nSPS) is 12.4. The van der Waals surface area contributed by atoms with Gasteiger partial charge in [-0.15, -0.1) is 13.2 Å². The van der Waals surface area contributed by atoms with Crippen LogP contribution in [0.25, 0.3) is 21.3 Å². The highest BCUT2D eigenvalue weighted by Crippen LogP contribution is 2.33. The smallest absolute Gasteiger partial charge is 0.406 e. The summed E-state index contributed by atoms with van der Waals surface area (Å²) in [5.41, 5.74) is 2.28. The van der Waals surface area contributed by atoms with Gasteiger partial charge in [0, 0.05) is 31.6 Å². The molecule has 14 heteroatoms. The number of fused-ring (bicyclic) bond motifs is 2. The molecule has 0 unspecified atom stereocenters. The quantitative estimate of drug-likeness (QED) is 0.246. The summed E-state index contributed by atoms with van der Waals surface area (Å²) in [6.07, 6.45) is -3.17. The molecule has 0 bridgehead atoms. The number of nitrogens with zero attached hydrogens (tertiary/aromatic N) is 3. The minimum atomic E-state index is -4.78. The first-order valence-corrected chi connectivity index (χ1v) is 13.0. The lowest BCUT2D eigenvalue weighted by Crippen LogP contribution is -2.23. The number of anilines is 2. The van der Waals surface area contributed by atoms with Gasteiger partial charge in [-0.1, -0.05) is 11.3 Å². The first-order valence-electron chi connectivity index (χ1n) is 10.3. The molecule has 0 atom stereocenters. The number of ether oxygens (including phenoxy) is 1. The minimum Gasteiger partial charge on any atom is -0.406 e. The number of imidazole rings is 1. The summed E-state index contributed by atoms with van der Waals surface area (Å²) >= 11 is 1.15. The molecule has 0 aliphatic rings. The van der Waals surface area contributed by atoms with E-state index in [1.807, 2.05) is 0 Å². The topological polar surface area (TPSA) is 115 Å². The number of halogens is 3. The van der Waals surface area contributed by atoms with Crippen LogP contribution in [0.1, 0.15) is 23.2 Å². The van der Waals surface area contributed by atoms with Crippen molar-refractivity contribution < 1.29 is 31.1 Å². The van der Waals surface area contributed by atoms with Crippen LogP contribution in [0.5, 0.6) is 5.75 Å². The second-order valence-corrected chi connectivity index (χ2v) is 10.6. The largest absolute Gasteiger partial charge is 0.573 e. The number of rotatable bonds is 9. The SMILES string of the molecule is Cn1c(Nc2nc3ccc(OC(F)(F)F)cc3s2)nc2cc(C(=O)CCCNS(C)(=O)=O)ccc21. The van der Waals surface area contributed by atoms with E-state index in [2.05, 4.69) is 24.7 Å². The average Bonchev–Trinajstić information content (AvgIpc) is 3.29. The third kappa shape index (κ3) is 6.26. The monoisotopic (exact) mass is 527 g/mol. The molecule has 2 aromatic heterocycles. The number of ketones is 1. The lowest BCUT2D eigenvalue weighted by Gasteiger charge is -2.07. The fourth-order valence-electron chi connectivity index (χ4n) is 3.39. The van der Waals surface area contributed by atoms with E-state index in [-0.39, 0.29) is 24.5 Å². The number of sulfonamides is 1. The van der Waals surface area contributed by atoms with Crippen molar-refractivity contribution >= 4 is 59.5 Å². The van der Waals surface area contributed by atoms with Gasteiger partial charge in [0.05, 0.1) is 27.5 Å². The lowest BCUT2D eigenvalue weighted by atomic mass is 10.1. The molecule has 0 fully saturated rings. The Morgan fingerprint density at radius 1 is 1.14 bits per heavy atom. The second-order valence-electron chi connectivity index (χ2n) is 7.71. The number of carbonyl (C=O) groups excluding carboxylic acids is 1. The van der Waals surface area contributed by atoms with Crippen molar-refractivity contribution in [2.45, 2.75) is 19.2 Å². The summed E-state index contributed by atoms with van der Waals surface area (Å²) in [6.45, 7) is 0.177. The molecule has 0 saturated carbocycles. The number of Topliss-reactive ketones (excluding diaryl/α,β-unsaturated/α-hetero) is 1. The maximum atomic E-state index is 12.5. The third-order valence-corrected chi connectivity index (χ3v) is 6.62. The van der Waals surface area contributed by atoms with Gasteiger partial charge in [-0.25, -0.2) is 23.1 Å². The molecule has 2 N–H and O–H groups in total. The molecule has 4 rings (SSSR count). The van der Waals surface area contributed by atoms with Gasteiger partial charge in [-0.05, 0) is 36.8 Å². The molecule has 0 amide bonds. The number of hydrogen-bond donors (Lipinski definition) is 2. The van der Waals surface area contributed by atoms with Crippen molar-refractivity contribution in [3.05, 3.63) is 42.0 Å². The van der Waals surface area contributed by atoms with Gasteiger partial charge in [0.1, 0.15) is 5.75 Å². The van der Waals surface area contributed by atoms with Crippen LogP contribution in [0, 0.1) is 0 Å². The molecule has 186 valence electrons. The molecule has 2 heterocycles. The zero-order chi connectivity index (χ0) is 25.4. The molecule has 0 aliphatic heterocycles. The maximum Gasteiger partial charge on any atom is 0.573 e. The van der Waals surface area contributed by atoms with Crippen molar-refractivity contribution in [3.8, 4) is 5.75 Å². The van der Waals surface area contributed by atoms with Gasteiger partial charge in [-0.2, -0.15) is 0 Å². The maximum absolute atomic E-state index is 12.5. The molecule has 4 aromatic rings. The number of aromatic nitrogens is 3. The molecular weight excluding hydrogens is 507 g/mol. The number of nitrogens with one attached hydrogen (secondary N) is 2. The number of benzene rings is 2. The minimum absolute atomic E-state index is 0.134. The van der Waals surface area contributed by atoms with Crippen LogP contribution in [0.4, 0.5) is 24.3 Å². The summed E-state index contributed by atoms with van der Waals surface area (Å²) in [6, 6.07) is 9.00. The Kier molecular flexibility index (Phi) is 6.71. The van der Waals surface area contributed by atoms with Crippen LogP contribution in [-0.4, -0.2) is 47.9 Å². The highest BCUT2D eigenvalue weighted by Gasteiger charge is 2.31. The summed E-state index contributed by atoms with van der Waals surface area (Å²) in [4.78, 5) is 21.4. The van der Waals surface area contributed by atoms with Crippen molar-refractivity contribution in [1.29, 1.82) is 0 Å². The number of thiazole rings is 1. The fourth-order valence-corrected chi connectivity index (χ4v) is 4.79. The molecular formula is C21H20F3N5O4S2. The number of alkyl halides is 3. The first kappa shape index (κ1) is 24.9.